The molecule has 5 heteroatoms. The minimum Gasteiger partial charge on any atom is -0.394 e. The first kappa shape index (κ1) is 13.6. The van der Waals surface area contributed by atoms with Crippen molar-refractivity contribution in [2.45, 2.75) is 25.7 Å². The van der Waals surface area contributed by atoms with E-state index in [-0.39, 0.29) is 25.4 Å². The fourth-order valence-corrected chi connectivity index (χ4v) is 2.46. The highest BCUT2D eigenvalue weighted by molar-refractivity contribution is 6.33. The standard InChI is InChI=1S/C13H18ClNO3/c1-9-8-18-11(7-17)5-15(9)13-3-2-10(6-16)4-12(13)14/h2-4,9,11,16-17H,5-8H2,1H3. The summed E-state index contributed by atoms with van der Waals surface area (Å²) in [5.74, 6) is 0. The van der Waals surface area contributed by atoms with Gasteiger partial charge in [0.25, 0.3) is 0 Å². The second-order valence-electron chi connectivity index (χ2n) is 4.58. The van der Waals surface area contributed by atoms with Gasteiger partial charge in [0.15, 0.2) is 0 Å². The van der Waals surface area contributed by atoms with E-state index in [9.17, 15) is 5.11 Å². The number of aliphatic hydroxyl groups excluding tert-OH is 2. The first-order chi connectivity index (χ1) is 8.65. The van der Waals surface area contributed by atoms with E-state index in [4.69, 9.17) is 21.4 Å². The Hall–Kier alpha value is -0.810. The number of hydrogen-bond acceptors (Lipinski definition) is 4. The van der Waals surface area contributed by atoms with Crippen LogP contribution in [0.25, 0.3) is 0 Å². The summed E-state index contributed by atoms with van der Waals surface area (Å²) < 4.78 is 5.50. The smallest absolute Gasteiger partial charge is 0.0981 e. The van der Waals surface area contributed by atoms with Crippen molar-refractivity contribution >= 4 is 17.3 Å². The Morgan fingerprint density at radius 1 is 1.44 bits per heavy atom. The Bertz CT molecular complexity index is 413. The van der Waals surface area contributed by atoms with E-state index < -0.39 is 0 Å². The molecule has 1 aliphatic rings. The van der Waals surface area contributed by atoms with Crippen molar-refractivity contribution in [2.24, 2.45) is 0 Å². The molecule has 0 bridgehead atoms. The quantitative estimate of drug-likeness (QED) is 0.873. The van der Waals surface area contributed by atoms with Crippen LogP contribution in [0, 0.1) is 0 Å². The number of morpholine rings is 1. The maximum absolute atomic E-state index is 9.18. The van der Waals surface area contributed by atoms with Crippen molar-refractivity contribution in [3.8, 4) is 0 Å². The van der Waals surface area contributed by atoms with Gasteiger partial charge in [0.1, 0.15) is 0 Å². The molecule has 1 heterocycles. The zero-order valence-electron chi connectivity index (χ0n) is 10.3. The zero-order chi connectivity index (χ0) is 13.1. The largest absolute Gasteiger partial charge is 0.394 e. The summed E-state index contributed by atoms with van der Waals surface area (Å²) in [7, 11) is 0. The molecule has 1 saturated heterocycles. The first-order valence-electron chi connectivity index (χ1n) is 6.04. The molecule has 0 spiro atoms. The van der Waals surface area contributed by atoms with Gasteiger partial charge in [-0.15, -0.1) is 0 Å². The summed E-state index contributed by atoms with van der Waals surface area (Å²) in [6.45, 7) is 3.25. The molecule has 1 fully saturated rings. The minimum atomic E-state index is -0.171. The molecule has 2 unspecified atom stereocenters. The van der Waals surface area contributed by atoms with Gasteiger partial charge in [-0.25, -0.2) is 0 Å². The number of anilines is 1. The van der Waals surface area contributed by atoms with Crippen LogP contribution in [-0.4, -0.2) is 42.1 Å². The monoisotopic (exact) mass is 271 g/mol. The van der Waals surface area contributed by atoms with Crippen molar-refractivity contribution < 1.29 is 14.9 Å². The van der Waals surface area contributed by atoms with Crippen molar-refractivity contribution in [1.29, 1.82) is 0 Å². The molecule has 1 aliphatic heterocycles. The second kappa shape index (κ2) is 5.89. The van der Waals surface area contributed by atoms with E-state index >= 15 is 0 Å². The molecular formula is C13H18ClNO3. The minimum absolute atomic E-state index is 0.00949. The average molecular weight is 272 g/mol. The van der Waals surface area contributed by atoms with Crippen LogP contribution in [0.15, 0.2) is 18.2 Å². The lowest BCUT2D eigenvalue weighted by Gasteiger charge is -2.39. The van der Waals surface area contributed by atoms with E-state index in [0.29, 0.717) is 18.2 Å². The van der Waals surface area contributed by atoms with Crippen LogP contribution in [0.5, 0.6) is 0 Å². The molecule has 2 N–H and O–H groups in total. The third kappa shape index (κ3) is 2.78. The van der Waals surface area contributed by atoms with E-state index in [1.165, 1.54) is 0 Å². The molecule has 0 radical (unpaired) electrons. The number of aliphatic hydroxyl groups is 2. The van der Waals surface area contributed by atoms with Gasteiger partial charge < -0.3 is 19.8 Å². The summed E-state index contributed by atoms with van der Waals surface area (Å²) in [5, 5.41) is 18.9. The van der Waals surface area contributed by atoms with Gasteiger partial charge in [0, 0.05) is 12.6 Å². The molecule has 0 saturated carbocycles. The zero-order valence-corrected chi connectivity index (χ0v) is 11.1. The van der Waals surface area contributed by atoms with E-state index in [2.05, 4.69) is 11.8 Å². The highest BCUT2D eigenvalue weighted by Crippen LogP contribution is 2.30. The highest BCUT2D eigenvalue weighted by Gasteiger charge is 2.27. The fourth-order valence-electron chi connectivity index (χ4n) is 2.15. The van der Waals surface area contributed by atoms with Crippen molar-refractivity contribution in [3.63, 3.8) is 0 Å². The SMILES string of the molecule is CC1COC(CO)CN1c1ccc(CO)cc1Cl. The van der Waals surface area contributed by atoms with Gasteiger partial charge >= 0.3 is 0 Å². The first-order valence-corrected chi connectivity index (χ1v) is 6.42. The average Bonchev–Trinajstić information content (AvgIpc) is 2.39. The molecule has 0 aromatic heterocycles. The topological polar surface area (TPSA) is 52.9 Å². The number of benzene rings is 1. The number of hydrogen-bond donors (Lipinski definition) is 2. The maximum Gasteiger partial charge on any atom is 0.0981 e. The lowest BCUT2D eigenvalue weighted by atomic mass is 10.1. The molecule has 2 atom stereocenters. The van der Waals surface area contributed by atoms with E-state index in [1.54, 1.807) is 6.07 Å². The van der Waals surface area contributed by atoms with Gasteiger partial charge in [0.05, 0.1) is 36.6 Å². The molecule has 0 amide bonds. The number of ether oxygens (including phenoxy) is 1. The summed E-state index contributed by atoms with van der Waals surface area (Å²) in [6, 6.07) is 5.75. The Morgan fingerprint density at radius 3 is 2.83 bits per heavy atom. The van der Waals surface area contributed by atoms with Crippen molar-refractivity contribution in [3.05, 3.63) is 28.8 Å². The summed E-state index contributed by atoms with van der Waals surface area (Å²) >= 11 is 6.24. The third-order valence-corrected chi connectivity index (χ3v) is 3.52. The molecule has 1 aromatic carbocycles. The molecule has 2 rings (SSSR count). The van der Waals surface area contributed by atoms with Crippen LogP contribution < -0.4 is 4.90 Å². The van der Waals surface area contributed by atoms with E-state index in [0.717, 1.165) is 11.3 Å². The maximum atomic E-state index is 9.18. The van der Waals surface area contributed by atoms with Gasteiger partial charge in [-0.1, -0.05) is 17.7 Å². The predicted octanol–water partition coefficient (Wildman–Crippen LogP) is 1.42. The van der Waals surface area contributed by atoms with Crippen molar-refractivity contribution in [1.82, 2.24) is 0 Å². The van der Waals surface area contributed by atoms with E-state index in [1.807, 2.05) is 12.1 Å². The van der Waals surface area contributed by atoms with Gasteiger partial charge in [-0.2, -0.15) is 0 Å². The number of halogens is 1. The predicted molar refractivity (Wildman–Crippen MR) is 71.0 cm³/mol. The Kier molecular flexibility index (Phi) is 4.45. The van der Waals surface area contributed by atoms with Crippen LogP contribution in [0.1, 0.15) is 12.5 Å². The van der Waals surface area contributed by atoms with Crippen molar-refractivity contribution in [2.75, 3.05) is 24.7 Å². The van der Waals surface area contributed by atoms with Crippen LogP contribution in [0.2, 0.25) is 5.02 Å². The Labute approximate surface area is 112 Å². The molecule has 1 aromatic rings. The highest BCUT2D eigenvalue weighted by atomic mass is 35.5. The van der Waals surface area contributed by atoms with Crippen LogP contribution in [0.4, 0.5) is 5.69 Å². The molecule has 0 aliphatic carbocycles. The summed E-state index contributed by atoms with van der Waals surface area (Å²) in [6.07, 6.45) is -0.171. The summed E-state index contributed by atoms with van der Waals surface area (Å²) in [5.41, 5.74) is 1.71. The van der Waals surface area contributed by atoms with Crippen LogP contribution >= 0.6 is 11.6 Å². The molecule has 18 heavy (non-hydrogen) atoms. The second-order valence-corrected chi connectivity index (χ2v) is 4.99. The van der Waals surface area contributed by atoms with Gasteiger partial charge in [-0.05, 0) is 24.6 Å². The third-order valence-electron chi connectivity index (χ3n) is 3.21. The normalized spacial score (nSPS) is 24.3. The van der Waals surface area contributed by atoms with Gasteiger partial charge in [-0.3, -0.25) is 0 Å². The van der Waals surface area contributed by atoms with Gasteiger partial charge in [0.2, 0.25) is 0 Å². The van der Waals surface area contributed by atoms with Crippen LogP contribution in [0.3, 0.4) is 0 Å². The Morgan fingerprint density at radius 2 is 2.22 bits per heavy atom. The fraction of sp³-hybridized carbons (Fsp3) is 0.538. The lowest BCUT2D eigenvalue weighted by molar-refractivity contribution is -0.0103. The number of rotatable bonds is 3. The summed E-state index contributed by atoms with van der Waals surface area (Å²) in [4.78, 5) is 2.13. The number of nitrogens with zero attached hydrogens (tertiary/aromatic N) is 1. The molecular weight excluding hydrogens is 254 g/mol. The molecule has 4 nitrogen and oxygen atoms in total. The lowest BCUT2D eigenvalue weighted by Crippen LogP contribution is -2.49. The molecule has 100 valence electrons. The van der Waals surface area contributed by atoms with Crippen LogP contribution in [-0.2, 0) is 11.3 Å². The Balaban J connectivity index is 2.23.